The summed E-state index contributed by atoms with van der Waals surface area (Å²) in [6, 6.07) is 14.1. The van der Waals surface area contributed by atoms with Crippen molar-refractivity contribution in [1.82, 2.24) is 10.3 Å². The first-order valence-electron chi connectivity index (χ1n) is 8.63. The highest BCUT2D eigenvalue weighted by Gasteiger charge is 2.15. The highest BCUT2D eigenvalue weighted by atomic mass is 16.3. The van der Waals surface area contributed by atoms with Crippen LogP contribution in [0.3, 0.4) is 0 Å². The topological polar surface area (TPSA) is 82.5 Å². The van der Waals surface area contributed by atoms with Crippen LogP contribution < -0.4 is 5.32 Å². The van der Waals surface area contributed by atoms with Crippen LogP contribution in [0.25, 0.3) is 10.9 Å². The summed E-state index contributed by atoms with van der Waals surface area (Å²) in [6.07, 6.45) is -0.0207. The van der Waals surface area contributed by atoms with E-state index in [1.807, 2.05) is 25.1 Å². The van der Waals surface area contributed by atoms with E-state index in [9.17, 15) is 15.0 Å². The Balaban J connectivity index is 1.83. The fraction of sp³-hybridized carbons (Fsp3) is 0.238. The molecule has 5 heteroatoms. The van der Waals surface area contributed by atoms with E-state index in [4.69, 9.17) is 0 Å². The number of aromatic nitrogens is 1. The molecule has 1 unspecified atom stereocenters. The molecule has 0 aliphatic rings. The highest BCUT2D eigenvalue weighted by molar-refractivity contribution is 6.06. The molecule has 3 rings (SSSR count). The van der Waals surface area contributed by atoms with E-state index in [1.165, 1.54) is 12.1 Å². The summed E-state index contributed by atoms with van der Waals surface area (Å²) in [5.74, 6) is -0.177. The van der Waals surface area contributed by atoms with Gasteiger partial charge in [0.1, 0.15) is 5.75 Å². The number of nitrogens with one attached hydrogen (secondary N) is 1. The standard InChI is InChI=1S/C21H22N2O3/c1-3-14-7-8-19-17(10-14)18(9-13(2)23-19)21(26)22-12-20(25)15-5-4-6-16(24)11-15/h4-11,20,24-25H,3,12H2,1-2H3,(H,22,26). The monoisotopic (exact) mass is 350 g/mol. The zero-order chi connectivity index (χ0) is 18.7. The molecule has 0 bridgehead atoms. The van der Waals surface area contributed by atoms with Crippen molar-refractivity contribution in [3.05, 3.63) is 70.9 Å². The Kier molecular flexibility index (Phi) is 5.19. The molecule has 5 nitrogen and oxygen atoms in total. The smallest absolute Gasteiger partial charge is 0.252 e. The number of carbonyl (C=O) groups is 1. The maximum absolute atomic E-state index is 12.7. The fourth-order valence-corrected chi connectivity index (χ4v) is 2.95. The van der Waals surface area contributed by atoms with Gasteiger partial charge in [-0.25, -0.2) is 0 Å². The Labute approximate surface area is 152 Å². The average molecular weight is 350 g/mol. The van der Waals surface area contributed by atoms with Crippen LogP contribution in [0.2, 0.25) is 0 Å². The number of fused-ring (bicyclic) bond motifs is 1. The first-order valence-corrected chi connectivity index (χ1v) is 8.63. The molecule has 26 heavy (non-hydrogen) atoms. The Hall–Kier alpha value is -2.92. The molecule has 1 amide bonds. The lowest BCUT2D eigenvalue weighted by Gasteiger charge is -2.14. The maximum Gasteiger partial charge on any atom is 0.252 e. The predicted octanol–water partition coefficient (Wildman–Crippen LogP) is 3.27. The van der Waals surface area contributed by atoms with Crippen molar-refractivity contribution >= 4 is 16.8 Å². The minimum absolute atomic E-state index is 0.0542. The third-order valence-electron chi connectivity index (χ3n) is 4.36. The van der Waals surface area contributed by atoms with E-state index in [1.54, 1.807) is 18.2 Å². The van der Waals surface area contributed by atoms with Gasteiger partial charge >= 0.3 is 0 Å². The molecule has 0 aliphatic carbocycles. The molecule has 0 radical (unpaired) electrons. The van der Waals surface area contributed by atoms with Gasteiger partial charge < -0.3 is 15.5 Å². The number of aliphatic hydroxyl groups is 1. The van der Waals surface area contributed by atoms with Crippen molar-refractivity contribution in [2.45, 2.75) is 26.4 Å². The minimum Gasteiger partial charge on any atom is -0.508 e. The number of phenolic OH excluding ortho intramolecular Hbond substituents is 1. The van der Waals surface area contributed by atoms with Gasteiger partial charge in [0.2, 0.25) is 0 Å². The van der Waals surface area contributed by atoms with E-state index >= 15 is 0 Å². The van der Waals surface area contributed by atoms with Crippen LogP contribution in [0.4, 0.5) is 0 Å². The van der Waals surface area contributed by atoms with Crippen LogP contribution in [0, 0.1) is 6.92 Å². The summed E-state index contributed by atoms with van der Waals surface area (Å²) >= 11 is 0. The molecule has 0 saturated carbocycles. The van der Waals surface area contributed by atoms with E-state index in [2.05, 4.69) is 17.2 Å². The van der Waals surface area contributed by atoms with Gasteiger partial charge in [0.05, 0.1) is 17.2 Å². The van der Waals surface area contributed by atoms with Crippen molar-refractivity contribution < 1.29 is 15.0 Å². The van der Waals surface area contributed by atoms with Gasteiger partial charge in [-0.05, 0) is 54.8 Å². The molecule has 1 atom stereocenters. The summed E-state index contributed by atoms with van der Waals surface area (Å²) in [5, 5.41) is 23.3. The van der Waals surface area contributed by atoms with Gasteiger partial charge in [0.25, 0.3) is 5.91 Å². The fourth-order valence-electron chi connectivity index (χ4n) is 2.95. The third kappa shape index (κ3) is 3.83. The van der Waals surface area contributed by atoms with Crippen LogP contribution in [0.1, 0.15) is 40.2 Å². The highest BCUT2D eigenvalue weighted by Crippen LogP contribution is 2.21. The number of benzene rings is 2. The molecule has 1 heterocycles. The second-order valence-electron chi connectivity index (χ2n) is 6.34. The molecule has 1 aromatic heterocycles. The SMILES string of the molecule is CCc1ccc2nc(C)cc(C(=O)NCC(O)c3cccc(O)c3)c2c1. The Bertz CT molecular complexity index is 953. The van der Waals surface area contributed by atoms with Crippen LogP contribution in [-0.2, 0) is 6.42 Å². The number of hydrogen-bond donors (Lipinski definition) is 3. The van der Waals surface area contributed by atoms with Crippen molar-refractivity contribution in [3.8, 4) is 5.75 Å². The lowest BCUT2D eigenvalue weighted by Crippen LogP contribution is -2.28. The van der Waals surface area contributed by atoms with Crippen LogP contribution in [0.15, 0.2) is 48.5 Å². The van der Waals surface area contributed by atoms with Gasteiger partial charge in [-0.2, -0.15) is 0 Å². The number of rotatable bonds is 5. The molecule has 0 aliphatic heterocycles. The van der Waals surface area contributed by atoms with E-state index in [0.717, 1.165) is 28.6 Å². The van der Waals surface area contributed by atoms with Crippen molar-refractivity contribution in [3.63, 3.8) is 0 Å². The van der Waals surface area contributed by atoms with Gasteiger partial charge in [-0.3, -0.25) is 9.78 Å². The lowest BCUT2D eigenvalue weighted by molar-refractivity contribution is 0.0917. The molecule has 0 saturated heterocycles. The molecular weight excluding hydrogens is 328 g/mol. The summed E-state index contributed by atoms with van der Waals surface area (Å²) < 4.78 is 0. The normalized spacial score (nSPS) is 12.1. The molecule has 134 valence electrons. The van der Waals surface area contributed by atoms with Crippen LogP contribution in [-0.4, -0.2) is 27.6 Å². The summed E-state index contributed by atoms with van der Waals surface area (Å²) in [4.78, 5) is 17.2. The number of aryl methyl sites for hydroxylation is 2. The largest absolute Gasteiger partial charge is 0.508 e. The first kappa shape index (κ1) is 17.9. The number of amides is 1. The van der Waals surface area contributed by atoms with Crippen LogP contribution in [0.5, 0.6) is 5.75 Å². The lowest BCUT2D eigenvalue weighted by atomic mass is 10.0. The van der Waals surface area contributed by atoms with Gasteiger partial charge in [0.15, 0.2) is 0 Å². The number of hydrogen-bond acceptors (Lipinski definition) is 4. The first-order chi connectivity index (χ1) is 12.5. The minimum atomic E-state index is -0.897. The third-order valence-corrected chi connectivity index (χ3v) is 4.36. The zero-order valence-corrected chi connectivity index (χ0v) is 14.9. The van der Waals surface area contributed by atoms with Crippen molar-refractivity contribution in [2.75, 3.05) is 6.54 Å². The quantitative estimate of drug-likeness (QED) is 0.659. The zero-order valence-electron chi connectivity index (χ0n) is 14.9. The van der Waals surface area contributed by atoms with Gasteiger partial charge in [-0.15, -0.1) is 0 Å². The number of carbonyl (C=O) groups excluding carboxylic acids is 1. The van der Waals surface area contributed by atoms with E-state index in [0.29, 0.717) is 11.1 Å². The van der Waals surface area contributed by atoms with Gasteiger partial charge in [0, 0.05) is 17.6 Å². The number of aliphatic hydroxyl groups excluding tert-OH is 1. The number of pyridine rings is 1. The Morgan fingerprint density at radius 2 is 2.00 bits per heavy atom. The summed E-state index contributed by atoms with van der Waals surface area (Å²) in [6.45, 7) is 3.97. The molecule has 2 aromatic carbocycles. The number of phenols is 1. The molecular formula is C21H22N2O3. The number of nitrogens with zero attached hydrogens (tertiary/aromatic N) is 1. The summed E-state index contributed by atoms with van der Waals surface area (Å²) in [5.41, 5.74) is 3.78. The second-order valence-corrected chi connectivity index (χ2v) is 6.34. The molecule has 3 N–H and O–H groups in total. The average Bonchev–Trinajstić information content (AvgIpc) is 2.64. The van der Waals surface area contributed by atoms with Crippen molar-refractivity contribution in [1.29, 1.82) is 0 Å². The van der Waals surface area contributed by atoms with E-state index < -0.39 is 6.10 Å². The Morgan fingerprint density at radius 3 is 2.73 bits per heavy atom. The van der Waals surface area contributed by atoms with Crippen molar-refractivity contribution in [2.24, 2.45) is 0 Å². The van der Waals surface area contributed by atoms with E-state index in [-0.39, 0.29) is 18.2 Å². The Morgan fingerprint density at radius 1 is 1.19 bits per heavy atom. The van der Waals surface area contributed by atoms with Crippen LogP contribution >= 0.6 is 0 Å². The molecule has 0 spiro atoms. The number of aromatic hydroxyl groups is 1. The second kappa shape index (κ2) is 7.54. The van der Waals surface area contributed by atoms with Gasteiger partial charge in [-0.1, -0.05) is 25.1 Å². The molecule has 3 aromatic rings. The maximum atomic E-state index is 12.7. The summed E-state index contributed by atoms with van der Waals surface area (Å²) in [7, 11) is 0. The molecule has 0 fully saturated rings. The predicted molar refractivity (Wildman–Crippen MR) is 101 cm³/mol.